The number of nitrogens with zero attached hydrogens (tertiary/aromatic N) is 1. The molecule has 1 atom stereocenters. The summed E-state index contributed by atoms with van der Waals surface area (Å²) in [5, 5.41) is 7.68. The highest BCUT2D eigenvalue weighted by Crippen LogP contribution is 2.27. The van der Waals surface area contributed by atoms with Crippen molar-refractivity contribution in [1.29, 1.82) is 0 Å². The van der Waals surface area contributed by atoms with Crippen molar-refractivity contribution in [2.24, 2.45) is 11.0 Å². The second-order valence-electron chi connectivity index (χ2n) is 5.26. The van der Waals surface area contributed by atoms with Gasteiger partial charge in [0, 0.05) is 23.6 Å². The first-order valence-corrected chi connectivity index (χ1v) is 7.40. The summed E-state index contributed by atoms with van der Waals surface area (Å²) in [5.74, 6) is 0.141. The number of alkyl halides is 1. The smallest absolute Gasteiger partial charge is 0.243 e. The first kappa shape index (κ1) is 13.8. The van der Waals surface area contributed by atoms with Gasteiger partial charge in [0.05, 0.1) is 0 Å². The topological polar surface area (TPSA) is 53.5 Å². The maximum absolute atomic E-state index is 11.9. The molecular weight excluding hydrogens is 250 g/mol. The van der Waals surface area contributed by atoms with Gasteiger partial charge in [0.25, 0.3) is 0 Å². The number of amides is 1. The zero-order chi connectivity index (χ0) is 12.8. The molecule has 1 amide bonds. The van der Waals surface area contributed by atoms with E-state index < -0.39 is 0 Å². The van der Waals surface area contributed by atoms with Crippen LogP contribution < -0.4 is 10.7 Å². The van der Waals surface area contributed by atoms with Gasteiger partial charge in [-0.3, -0.25) is 4.79 Å². The molecule has 1 saturated carbocycles. The van der Waals surface area contributed by atoms with Gasteiger partial charge in [0.2, 0.25) is 5.91 Å². The van der Waals surface area contributed by atoms with Crippen LogP contribution in [0.15, 0.2) is 5.10 Å². The Kier molecular flexibility index (Phi) is 5.45. The highest BCUT2D eigenvalue weighted by Gasteiger charge is 2.24. The van der Waals surface area contributed by atoms with E-state index in [4.69, 9.17) is 11.6 Å². The molecule has 0 aromatic heterocycles. The van der Waals surface area contributed by atoms with Crippen molar-refractivity contribution >= 4 is 23.7 Å². The van der Waals surface area contributed by atoms with E-state index >= 15 is 0 Å². The van der Waals surface area contributed by atoms with Crippen LogP contribution in [0.4, 0.5) is 0 Å². The number of halogens is 1. The van der Waals surface area contributed by atoms with Crippen LogP contribution in [0.1, 0.15) is 44.9 Å². The monoisotopic (exact) mass is 271 g/mol. The van der Waals surface area contributed by atoms with Gasteiger partial charge >= 0.3 is 0 Å². The Hall–Kier alpha value is -0.610. The molecule has 0 bridgehead atoms. The van der Waals surface area contributed by atoms with Crippen molar-refractivity contribution in [3.8, 4) is 0 Å². The van der Waals surface area contributed by atoms with Crippen molar-refractivity contribution in [3.05, 3.63) is 0 Å². The zero-order valence-electron chi connectivity index (χ0n) is 10.7. The van der Waals surface area contributed by atoms with Gasteiger partial charge in [0.15, 0.2) is 0 Å². The molecular formula is C13H22ClN3O. The third kappa shape index (κ3) is 4.25. The largest absolute Gasteiger partial charge is 0.309 e. The summed E-state index contributed by atoms with van der Waals surface area (Å²) in [6, 6.07) is 0.317. The quantitative estimate of drug-likeness (QED) is 0.469. The molecule has 4 nitrogen and oxygen atoms in total. The van der Waals surface area contributed by atoms with Crippen LogP contribution in [0.5, 0.6) is 0 Å². The van der Waals surface area contributed by atoms with Gasteiger partial charge in [-0.15, -0.1) is 11.6 Å². The Labute approximate surface area is 114 Å². The van der Waals surface area contributed by atoms with E-state index in [2.05, 4.69) is 15.8 Å². The van der Waals surface area contributed by atoms with Crippen LogP contribution in [0.25, 0.3) is 0 Å². The highest BCUT2D eigenvalue weighted by molar-refractivity contribution is 6.20. The molecule has 5 heteroatoms. The van der Waals surface area contributed by atoms with E-state index in [0.29, 0.717) is 6.04 Å². The average molecular weight is 272 g/mol. The summed E-state index contributed by atoms with van der Waals surface area (Å²) in [7, 11) is 0. The fourth-order valence-electron chi connectivity index (χ4n) is 2.60. The maximum atomic E-state index is 11.9. The lowest BCUT2D eigenvalue weighted by molar-refractivity contribution is -0.125. The van der Waals surface area contributed by atoms with Crippen LogP contribution in [0.2, 0.25) is 0 Å². The number of carbonyl (C=O) groups excluding carboxylic acids is 1. The molecule has 2 N–H and O–H groups in total. The molecule has 18 heavy (non-hydrogen) atoms. The Bertz CT molecular complexity index is 295. The van der Waals surface area contributed by atoms with Crippen LogP contribution >= 0.6 is 11.6 Å². The molecule has 2 fully saturated rings. The van der Waals surface area contributed by atoms with E-state index in [1.165, 1.54) is 12.8 Å². The third-order valence-electron chi connectivity index (χ3n) is 3.81. The SMILES string of the molecule is O=C(N/N=C\C1CCCCN1)C1CCC(Cl)CC1. The second kappa shape index (κ2) is 7.10. The predicted octanol–water partition coefficient (Wildman–Crippen LogP) is 2.03. The predicted molar refractivity (Wildman–Crippen MR) is 73.9 cm³/mol. The van der Waals surface area contributed by atoms with Gasteiger partial charge in [-0.05, 0) is 45.1 Å². The van der Waals surface area contributed by atoms with E-state index in [1.807, 2.05) is 6.21 Å². The summed E-state index contributed by atoms with van der Waals surface area (Å²) >= 11 is 6.02. The van der Waals surface area contributed by atoms with Gasteiger partial charge in [-0.25, -0.2) is 5.43 Å². The van der Waals surface area contributed by atoms with Crippen LogP contribution in [0.3, 0.4) is 0 Å². The Morgan fingerprint density at radius 3 is 2.67 bits per heavy atom. The fourth-order valence-corrected chi connectivity index (χ4v) is 2.86. The summed E-state index contributed by atoms with van der Waals surface area (Å²) in [4.78, 5) is 11.9. The van der Waals surface area contributed by atoms with Crippen molar-refractivity contribution in [1.82, 2.24) is 10.7 Å². The van der Waals surface area contributed by atoms with Gasteiger partial charge in [-0.2, -0.15) is 5.10 Å². The minimum atomic E-state index is 0.0469. The molecule has 1 saturated heterocycles. The van der Waals surface area contributed by atoms with Crippen molar-refractivity contribution in [3.63, 3.8) is 0 Å². The molecule has 1 aliphatic carbocycles. The van der Waals surface area contributed by atoms with Crippen molar-refractivity contribution < 1.29 is 4.79 Å². The second-order valence-corrected chi connectivity index (χ2v) is 5.88. The van der Waals surface area contributed by atoms with Crippen molar-refractivity contribution in [2.75, 3.05) is 6.54 Å². The first-order valence-electron chi connectivity index (χ1n) is 6.96. The molecule has 1 aliphatic heterocycles. The van der Waals surface area contributed by atoms with Gasteiger partial charge in [-0.1, -0.05) is 6.42 Å². The molecule has 1 heterocycles. The third-order valence-corrected chi connectivity index (χ3v) is 4.24. The summed E-state index contributed by atoms with van der Waals surface area (Å²) in [6.07, 6.45) is 9.05. The number of rotatable bonds is 3. The number of hydrogen-bond acceptors (Lipinski definition) is 3. The molecule has 0 aromatic rings. The highest BCUT2D eigenvalue weighted by atomic mass is 35.5. The Morgan fingerprint density at radius 1 is 1.22 bits per heavy atom. The van der Waals surface area contributed by atoms with Crippen LogP contribution in [-0.4, -0.2) is 30.1 Å². The zero-order valence-corrected chi connectivity index (χ0v) is 11.5. The standard InChI is InChI=1S/C13H22ClN3O/c14-11-6-4-10(5-7-11)13(18)17-16-9-12-3-1-2-8-15-12/h9-12,15H,1-8H2,(H,17,18)/b16-9-. The molecule has 0 spiro atoms. The molecule has 2 rings (SSSR count). The van der Waals surface area contributed by atoms with E-state index in [1.54, 1.807) is 0 Å². The summed E-state index contributed by atoms with van der Waals surface area (Å²) in [5.41, 5.74) is 2.66. The Balaban J connectivity index is 1.69. The number of carbonyl (C=O) groups is 1. The molecule has 102 valence electrons. The molecule has 0 radical (unpaired) electrons. The molecule has 1 unspecified atom stereocenters. The first-order chi connectivity index (χ1) is 8.75. The number of hydrogen-bond donors (Lipinski definition) is 2. The minimum Gasteiger partial charge on any atom is -0.309 e. The van der Waals surface area contributed by atoms with Crippen LogP contribution in [-0.2, 0) is 4.79 Å². The van der Waals surface area contributed by atoms with Gasteiger partial charge in [0.1, 0.15) is 0 Å². The lowest BCUT2D eigenvalue weighted by Gasteiger charge is -2.23. The molecule has 0 aromatic carbocycles. The number of hydrazone groups is 1. The van der Waals surface area contributed by atoms with Crippen LogP contribution in [0, 0.1) is 5.92 Å². The maximum Gasteiger partial charge on any atom is 0.243 e. The number of piperidine rings is 1. The van der Waals surface area contributed by atoms with E-state index in [9.17, 15) is 4.79 Å². The van der Waals surface area contributed by atoms with Gasteiger partial charge < -0.3 is 5.32 Å². The summed E-state index contributed by atoms with van der Waals surface area (Å²) in [6.45, 7) is 1.05. The minimum absolute atomic E-state index is 0.0469. The summed E-state index contributed by atoms with van der Waals surface area (Å²) < 4.78 is 0. The Morgan fingerprint density at radius 2 is 2.00 bits per heavy atom. The molecule has 2 aliphatic rings. The number of nitrogens with one attached hydrogen (secondary N) is 2. The van der Waals surface area contributed by atoms with E-state index in [0.717, 1.165) is 38.6 Å². The van der Waals surface area contributed by atoms with E-state index in [-0.39, 0.29) is 17.2 Å². The average Bonchev–Trinajstić information content (AvgIpc) is 2.40. The fraction of sp³-hybridized carbons (Fsp3) is 0.846. The normalized spacial score (nSPS) is 33.5. The van der Waals surface area contributed by atoms with Crippen molar-refractivity contribution in [2.45, 2.75) is 56.4 Å². The lowest BCUT2D eigenvalue weighted by Crippen LogP contribution is -2.36. The lowest BCUT2D eigenvalue weighted by atomic mass is 9.88.